The van der Waals surface area contributed by atoms with Crippen LogP contribution in [0.1, 0.15) is 61.9 Å². The van der Waals surface area contributed by atoms with Crippen molar-refractivity contribution in [2.45, 2.75) is 52.1 Å². The second-order valence-corrected chi connectivity index (χ2v) is 5.65. The topological polar surface area (TPSA) is 68.2 Å². The van der Waals surface area contributed by atoms with Crippen LogP contribution < -0.4 is 0 Å². The summed E-state index contributed by atoms with van der Waals surface area (Å²) < 4.78 is 10.9. The molecule has 1 atom stereocenters. The Balaban J connectivity index is 1.74. The molecular weight excluding hydrogens is 256 g/mol. The first kappa shape index (κ1) is 13.3. The van der Waals surface area contributed by atoms with E-state index in [4.69, 9.17) is 8.94 Å². The first-order valence-corrected chi connectivity index (χ1v) is 7.13. The Labute approximate surface area is 118 Å². The summed E-state index contributed by atoms with van der Waals surface area (Å²) in [6.45, 7) is 7.73. The third kappa shape index (κ3) is 2.60. The van der Waals surface area contributed by atoms with Crippen molar-refractivity contribution in [1.82, 2.24) is 20.3 Å². The highest BCUT2D eigenvalue weighted by Crippen LogP contribution is 2.33. The summed E-state index contributed by atoms with van der Waals surface area (Å²) in [6.07, 6.45) is 2.25. The fourth-order valence-corrected chi connectivity index (χ4v) is 2.66. The van der Waals surface area contributed by atoms with E-state index >= 15 is 0 Å². The molecule has 1 aliphatic heterocycles. The second kappa shape index (κ2) is 5.36. The van der Waals surface area contributed by atoms with Gasteiger partial charge in [0, 0.05) is 18.9 Å². The zero-order valence-corrected chi connectivity index (χ0v) is 12.2. The largest absolute Gasteiger partial charge is 0.424 e. The maximum atomic E-state index is 5.47. The first-order chi connectivity index (χ1) is 9.63. The molecule has 1 saturated heterocycles. The summed E-state index contributed by atoms with van der Waals surface area (Å²) in [5, 5.41) is 12.2. The van der Waals surface area contributed by atoms with Gasteiger partial charge in [0.15, 0.2) is 0 Å². The van der Waals surface area contributed by atoms with Crippen LogP contribution in [-0.2, 0) is 6.54 Å². The molecule has 2 aromatic heterocycles. The van der Waals surface area contributed by atoms with Gasteiger partial charge in [-0.05, 0) is 19.4 Å². The summed E-state index contributed by atoms with van der Waals surface area (Å²) in [6, 6.07) is 2.37. The number of hydrogen-bond donors (Lipinski definition) is 0. The van der Waals surface area contributed by atoms with Crippen LogP contribution in [0.2, 0.25) is 0 Å². The molecule has 0 aromatic carbocycles. The molecule has 0 unspecified atom stereocenters. The minimum atomic E-state index is 0.290. The molecule has 6 nitrogen and oxygen atoms in total. The maximum absolute atomic E-state index is 5.47. The Kier molecular flexibility index (Phi) is 3.56. The second-order valence-electron chi connectivity index (χ2n) is 5.65. The molecule has 20 heavy (non-hydrogen) atoms. The van der Waals surface area contributed by atoms with Crippen LogP contribution >= 0.6 is 0 Å². The molecule has 3 rings (SSSR count). The minimum Gasteiger partial charge on any atom is -0.424 e. The van der Waals surface area contributed by atoms with E-state index < -0.39 is 0 Å². The van der Waals surface area contributed by atoms with Crippen LogP contribution in [0.25, 0.3) is 0 Å². The molecule has 0 spiro atoms. The van der Waals surface area contributed by atoms with Gasteiger partial charge in [-0.15, -0.1) is 10.2 Å². The first-order valence-electron chi connectivity index (χ1n) is 7.13. The van der Waals surface area contributed by atoms with E-state index in [1.54, 1.807) is 0 Å². The van der Waals surface area contributed by atoms with E-state index in [0.717, 1.165) is 30.8 Å². The molecule has 3 heterocycles. The van der Waals surface area contributed by atoms with E-state index in [9.17, 15) is 0 Å². The number of aromatic nitrogens is 3. The number of aryl methyl sites for hydroxylation is 1. The highest BCUT2D eigenvalue weighted by molar-refractivity contribution is 5.13. The highest BCUT2D eigenvalue weighted by Gasteiger charge is 2.30. The van der Waals surface area contributed by atoms with E-state index in [1.165, 1.54) is 0 Å². The van der Waals surface area contributed by atoms with E-state index in [0.29, 0.717) is 30.3 Å². The summed E-state index contributed by atoms with van der Waals surface area (Å²) in [5.41, 5.74) is 1.02. The predicted molar refractivity (Wildman–Crippen MR) is 72.0 cm³/mol. The highest BCUT2D eigenvalue weighted by atomic mass is 16.5. The molecular formula is C14H20N4O2. The van der Waals surface area contributed by atoms with Crippen molar-refractivity contribution in [3.8, 4) is 0 Å². The van der Waals surface area contributed by atoms with Gasteiger partial charge in [0.05, 0.1) is 12.6 Å². The summed E-state index contributed by atoms with van der Waals surface area (Å²) in [5.74, 6) is 2.59. The average Bonchev–Trinajstić information content (AvgIpc) is 3.10. The lowest BCUT2D eigenvalue weighted by Crippen LogP contribution is -2.23. The Hall–Kier alpha value is -1.69. The van der Waals surface area contributed by atoms with Crippen molar-refractivity contribution in [2.75, 3.05) is 6.54 Å². The Morgan fingerprint density at radius 1 is 1.40 bits per heavy atom. The average molecular weight is 276 g/mol. The van der Waals surface area contributed by atoms with E-state index in [1.807, 2.05) is 6.92 Å². The van der Waals surface area contributed by atoms with Gasteiger partial charge < -0.3 is 8.94 Å². The Morgan fingerprint density at radius 2 is 2.25 bits per heavy atom. The predicted octanol–water partition coefficient (Wildman–Crippen LogP) is 2.83. The molecule has 0 aliphatic carbocycles. The van der Waals surface area contributed by atoms with Gasteiger partial charge in [-0.1, -0.05) is 19.0 Å². The normalized spacial score (nSPS) is 20.1. The molecule has 1 fully saturated rings. The molecule has 2 aromatic rings. The molecule has 0 radical (unpaired) electrons. The molecule has 108 valence electrons. The van der Waals surface area contributed by atoms with Gasteiger partial charge >= 0.3 is 0 Å². The summed E-state index contributed by atoms with van der Waals surface area (Å²) in [4.78, 5) is 2.33. The smallest absolute Gasteiger partial charge is 0.230 e. The van der Waals surface area contributed by atoms with Gasteiger partial charge in [0.1, 0.15) is 11.5 Å². The maximum Gasteiger partial charge on any atom is 0.230 e. The monoisotopic (exact) mass is 276 g/mol. The lowest BCUT2D eigenvalue weighted by Gasteiger charge is -2.20. The van der Waals surface area contributed by atoms with Crippen LogP contribution in [0.15, 0.2) is 15.0 Å². The minimum absolute atomic E-state index is 0.290. The summed E-state index contributed by atoms with van der Waals surface area (Å²) >= 11 is 0. The van der Waals surface area contributed by atoms with Crippen LogP contribution in [0, 0.1) is 6.92 Å². The zero-order valence-electron chi connectivity index (χ0n) is 12.2. The Bertz CT molecular complexity index is 575. The fraction of sp³-hybridized carbons (Fsp3) is 0.643. The van der Waals surface area contributed by atoms with Crippen molar-refractivity contribution in [1.29, 1.82) is 0 Å². The van der Waals surface area contributed by atoms with Gasteiger partial charge in [-0.3, -0.25) is 4.90 Å². The molecule has 0 N–H and O–H groups in total. The molecule has 0 saturated carbocycles. The number of nitrogens with zero attached hydrogens (tertiary/aromatic N) is 4. The quantitative estimate of drug-likeness (QED) is 0.855. The van der Waals surface area contributed by atoms with Gasteiger partial charge in [0.2, 0.25) is 11.8 Å². The molecule has 0 amide bonds. The molecule has 0 bridgehead atoms. The van der Waals surface area contributed by atoms with E-state index in [2.05, 4.69) is 40.2 Å². The van der Waals surface area contributed by atoms with E-state index in [-0.39, 0.29) is 0 Å². The molecule has 1 aliphatic rings. The van der Waals surface area contributed by atoms with Crippen molar-refractivity contribution >= 4 is 0 Å². The zero-order chi connectivity index (χ0) is 14.1. The molecule has 6 heteroatoms. The van der Waals surface area contributed by atoms with Crippen molar-refractivity contribution in [3.05, 3.63) is 29.3 Å². The fourth-order valence-electron chi connectivity index (χ4n) is 2.66. The van der Waals surface area contributed by atoms with Crippen LogP contribution in [0.4, 0.5) is 0 Å². The van der Waals surface area contributed by atoms with Gasteiger partial charge in [-0.2, -0.15) is 0 Å². The number of likely N-dealkylation sites (tertiary alicyclic amines) is 1. The SMILES string of the molecule is Cc1nnc(CN2CCC[C@H]2c2cc(C(C)C)on2)o1. The Morgan fingerprint density at radius 3 is 2.90 bits per heavy atom. The standard InChI is InChI=1S/C14H20N4O2/c1-9(2)13-7-11(17-20-13)12-5-4-6-18(12)8-14-16-15-10(3)19-14/h7,9,12H,4-6,8H2,1-3H3/t12-/m0/s1. The van der Waals surface area contributed by atoms with Crippen LogP contribution in [-0.4, -0.2) is 26.8 Å². The summed E-state index contributed by atoms with van der Waals surface area (Å²) in [7, 11) is 0. The number of rotatable bonds is 4. The van der Waals surface area contributed by atoms with Crippen molar-refractivity contribution in [2.24, 2.45) is 0 Å². The third-order valence-corrected chi connectivity index (χ3v) is 3.73. The third-order valence-electron chi connectivity index (χ3n) is 3.73. The lowest BCUT2D eigenvalue weighted by atomic mass is 10.1. The van der Waals surface area contributed by atoms with Crippen molar-refractivity contribution in [3.63, 3.8) is 0 Å². The van der Waals surface area contributed by atoms with Gasteiger partial charge in [-0.25, -0.2) is 0 Å². The van der Waals surface area contributed by atoms with Gasteiger partial charge in [0.25, 0.3) is 0 Å². The number of hydrogen-bond acceptors (Lipinski definition) is 6. The van der Waals surface area contributed by atoms with Crippen LogP contribution in [0.3, 0.4) is 0 Å². The van der Waals surface area contributed by atoms with Crippen molar-refractivity contribution < 1.29 is 8.94 Å². The lowest BCUT2D eigenvalue weighted by molar-refractivity contribution is 0.213. The van der Waals surface area contributed by atoms with Crippen LogP contribution in [0.5, 0.6) is 0 Å².